The van der Waals surface area contributed by atoms with E-state index in [1.165, 1.54) is 64.7 Å². The first-order valence-corrected chi connectivity index (χ1v) is 9.38. The third-order valence-corrected chi connectivity index (χ3v) is 8.61. The minimum Gasteiger partial charge on any atom is -0.309 e. The zero-order valence-electron chi connectivity index (χ0n) is 10.7. The van der Waals surface area contributed by atoms with Gasteiger partial charge in [-0.2, -0.15) is 0 Å². The summed E-state index contributed by atoms with van der Waals surface area (Å²) in [5, 5.41) is 0. The first-order valence-electron chi connectivity index (χ1n) is 6.91. The fourth-order valence-electron chi connectivity index (χ4n) is 3.15. The fourth-order valence-corrected chi connectivity index (χ4v) is 6.51. The van der Waals surface area contributed by atoms with Crippen LogP contribution in [0.15, 0.2) is 12.3 Å². The quantitative estimate of drug-likeness (QED) is 0.698. The summed E-state index contributed by atoms with van der Waals surface area (Å²) < 4.78 is 5.55. The largest absolute Gasteiger partial charge is 0.309 e. The molecule has 0 aromatic heterocycles. The molecule has 16 heavy (non-hydrogen) atoms. The molecule has 2 rings (SSSR count). The maximum absolute atomic E-state index is 4.16. The lowest BCUT2D eigenvalue weighted by molar-refractivity contribution is 0.269. The third kappa shape index (κ3) is 2.41. The van der Waals surface area contributed by atoms with Gasteiger partial charge >= 0.3 is 0 Å². The van der Waals surface area contributed by atoms with Crippen LogP contribution in [0.5, 0.6) is 0 Å². The van der Waals surface area contributed by atoms with Gasteiger partial charge in [-0.15, -0.1) is 6.58 Å². The van der Waals surface area contributed by atoms with E-state index < -0.39 is 8.40 Å². The molecule has 0 aliphatic carbocycles. The van der Waals surface area contributed by atoms with Crippen LogP contribution in [0.2, 0.25) is 6.55 Å². The molecule has 2 saturated heterocycles. The molecule has 0 aromatic carbocycles. The predicted molar refractivity (Wildman–Crippen MR) is 72.7 cm³/mol. The highest BCUT2D eigenvalue weighted by Gasteiger charge is 2.39. The number of piperidine rings is 2. The highest BCUT2D eigenvalue weighted by Crippen LogP contribution is 2.25. The van der Waals surface area contributed by atoms with Gasteiger partial charge in [0.15, 0.2) is 0 Å². The minimum atomic E-state index is -1.49. The Kier molecular flexibility index (Phi) is 4.22. The van der Waals surface area contributed by atoms with Gasteiger partial charge in [0.05, 0.1) is 0 Å². The van der Waals surface area contributed by atoms with Crippen LogP contribution in [0.1, 0.15) is 38.5 Å². The minimum absolute atomic E-state index is 1.31. The average Bonchev–Trinajstić information content (AvgIpc) is 2.40. The summed E-state index contributed by atoms with van der Waals surface area (Å²) in [4.78, 5) is 0. The Balaban J connectivity index is 2.06. The molecule has 2 fully saturated rings. The summed E-state index contributed by atoms with van der Waals surface area (Å²) >= 11 is 0. The van der Waals surface area contributed by atoms with E-state index in [1.807, 2.05) is 0 Å². The van der Waals surface area contributed by atoms with Gasteiger partial charge in [0.25, 0.3) is 0 Å². The smallest absolute Gasteiger partial charge is 0.228 e. The molecule has 0 atom stereocenters. The molecular formula is C13H26N2Si. The van der Waals surface area contributed by atoms with Crippen LogP contribution in [-0.4, -0.2) is 43.7 Å². The van der Waals surface area contributed by atoms with Crippen LogP contribution in [0, 0.1) is 0 Å². The summed E-state index contributed by atoms with van der Waals surface area (Å²) in [7, 11) is -1.49. The van der Waals surface area contributed by atoms with Gasteiger partial charge in [0.2, 0.25) is 8.40 Å². The second-order valence-electron chi connectivity index (χ2n) is 5.39. The van der Waals surface area contributed by atoms with Crippen molar-refractivity contribution in [1.29, 1.82) is 0 Å². The van der Waals surface area contributed by atoms with Crippen molar-refractivity contribution in [3.05, 3.63) is 12.3 Å². The molecule has 0 N–H and O–H groups in total. The van der Waals surface area contributed by atoms with E-state index in [-0.39, 0.29) is 0 Å². The van der Waals surface area contributed by atoms with E-state index in [1.54, 1.807) is 0 Å². The maximum atomic E-state index is 4.16. The lowest BCUT2D eigenvalue weighted by Gasteiger charge is -2.48. The molecule has 0 radical (unpaired) electrons. The van der Waals surface area contributed by atoms with Crippen LogP contribution in [0.3, 0.4) is 0 Å². The molecule has 0 amide bonds. The van der Waals surface area contributed by atoms with E-state index >= 15 is 0 Å². The lowest BCUT2D eigenvalue weighted by Crippen LogP contribution is -2.64. The Morgan fingerprint density at radius 3 is 1.50 bits per heavy atom. The number of rotatable bonds is 3. The van der Waals surface area contributed by atoms with Gasteiger partial charge in [-0.1, -0.05) is 18.5 Å². The maximum Gasteiger partial charge on any atom is 0.228 e. The second kappa shape index (κ2) is 5.47. The molecule has 2 heterocycles. The number of nitrogens with zero attached hydrogens (tertiary/aromatic N) is 2. The normalized spacial score (nSPS) is 25.6. The summed E-state index contributed by atoms with van der Waals surface area (Å²) in [6.07, 6.45) is 8.43. The van der Waals surface area contributed by atoms with Gasteiger partial charge in [0.1, 0.15) is 0 Å². The van der Waals surface area contributed by atoms with Gasteiger partial charge in [-0.25, -0.2) is 0 Å². The van der Waals surface area contributed by atoms with E-state index in [0.29, 0.717) is 0 Å². The predicted octanol–water partition coefficient (Wildman–Crippen LogP) is 2.76. The van der Waals surface area contributed by atoms with E-state index in [9.17, 15) is 0 Å². The summed E-state index contributed by atoms with van der Waals surface area (Å²) in [6.45, 7) is 11.9. The first kappa shape index (κ1) is 12.3. The monoisotopic (exact) mass is 238 g/mol. The molecule has 92 valence electrons. The summed E-state index contributed by atoms with van der Waals surface area (Å²) in [5.74, 6) is 0. The molecule has 0 spiro atoms. The van der Waals surface area contributed by atoms with Crippen molar-refractivity contribution in [3.8, 4) is 0 Å². The Morgan fingerprint density at radius 2 is 1.19 bits per heavy atom. The number of hydrogen-bond acceptors (Lipinski definition) is 2. The SMILES string of the molecule is C=C[Si](C)(N1CCCCC1)N1CCCCC1. The molecule has 2 aliphatic rings. The highest BCUT2D eigenvalue weighted by molar-refractivity contribution is 6.78. The topological polar surface area (TPSA) is 6.48 Å². The second-order valence-corrected chi connectivity index (χ2v) is 9.25. The van der Waals surface area contributed by atoms with Gasteiger partial charge in [0, 0.05) is 0 Å². The molecule has 0 aromatic rings. The van der Waals surface area contributed by atoms with Crippen LogP contribution in [0.4, 0.5) is 0 Å². The molecular weight excluding hydrogens is 212 g/mol. The number of hydrogen-bond donors (Lipinski definition) is 0. The van der Waals surface area contributed by atoms with Crippen LogP contribution in [0.25, 0.3) is 0 Å². The van der Waals surface area contributed by atoms with Gasteiger partial charge < -0.3 is 9.13 Å². The van der Waals surface area contributed by atoms with Crippen molar-refractivity contribution in [2.75, 3.05) is 26.2 Å². The zero-order valence-corrected chi connectivity index (χ0v) is 11.7. The molecule has 0 saturated carbocycles. The first-order chi connectivity index (χ1) is 7.77. The van der Waals surface area contributed by atoms with Crippen molar-refractivity contribution in [1.82, 2.24) is 9.13 Å². The zero-order chi connectivity index (χ0) is 11.4. The van der Waals surface area contributed by atoms with Crippen LogP contribution >= 0.6 is 0 Å². The molecule has 0 bridgehead atoms. The van der Waals surface area contributed by atoms with Crippen molar-refractivity contribution >= 4 is 8.40 Å². The van der Waals surface area contributed by atoms with Crippen molar-refractivity contribution < 1.29 is 0 Å². The van der Waals surface area contributed by atoms with Crippen LogP contribution in [-0.2, 0) is 0 Å². The van der Waals surface area contributed by atoms with Crippen LogP contribution < -0.4 is 0 Å². The van der Waals surface area contributed by atoms with E-state index in [4.69, 9.17) is 0 Å². The third-order valence-electron chi connectivity index (χ3n) is 4.38. The van der Waals surface area contributed by atoms with Crippen molar-refractivity contribution in [2.24, 2.45) is 0 Å². The van der Waals surface area contributed by atoms with Crippen molar-refractivity contribution in [3.63, 3.8) is 0 Å². The summed E-state index contributed by atoms with van der Waals surface area (Å²) in [5.41, 5.74) is 2.31. The Morgan fingerprint density at radius 1 is 0.812 bits per heavy atom. The molecule has 3 heteroatoms. The standard InChI is InChI=1S/C13H26N2Si/c1-3-16(2,14-10-6-4-7-11-14)15-12-8-5-9-13-15/h3H,1,4-13H2,2H3. The van der Waals surface area contributed by atoms with Gasteiger partial charge in [-0.05, 0) is 58.4 Å². The van der Waals surface area contributed by atoms with E-state index in [0.717, 1.165) is 0 Å². The Bertz CT molecular complexity index is 212. The van der Waals surface area contributed by atoms with Gasteiger partial charge in [-0.3, -0.25) is 0 Å². The Labute approximate surface area is 101 Å². The summed E-state index contributed by atoms with van der Waals surface area (Å²) in [6, 6.07) is 0. The Hall–Kier alpha value is -0.123. The highest BCUT2D eigenvalue weighted by atomic mass is 28.3. The molecule has 2 nitrogen and oxygen atoms in total. The average molecular weight is 238 g/mol. The lowest BCUT2D eigenvalue weighted by atomic mass is 10.2. The molecule has 2 aliphatic heterocycles. The fraction of sp³-hybridized carbons (Fsp3) is 0.846. The van der Waals surface area contributed by atoms with Crippen molar-refractivity contribution in [2.45, 2.75) is 45.1 Å². The molecule has 0 unspecified atom stereocenters. The van der Waals surface area contributed by atoms with E-state index in [2.05, 4.69) is 28.0 Å².